The summed E-state index contributed by atoms with van der Waals surface area (Å²) in [6, 6.07) is 12.8. The molecule has 1 aliphatic rings. The van der Waals surface area contributed by atoms with Gasteiger partial charge in [0, 0.05) is 37.4 Å². The first-order chi connectivity index (χ1) is 15.3. The Hall–Kier alpha value is -3.44. The Morgan fingerprint density at radius 2 is 1.78 bits per heavy atom. The van der Waals surface area contributed by atoms with E-state index in [0.29, 0.717) is 24.3 Å². The summed E-state index contributed by atoms with van der Waals surface area (Å²) in [5, 5.41) is 7.92. The molecule has 0 spiro atoms. The zero-order valence-corrected chi connectivity index (χ0v) is 18.4. The Morgan fingerprint density at radius 3 is 2.47 bits per heavy atom. The number of sulfonamides is 1. The number of nitrogens with zero attached hydrogens (tertiary/aromatic N) is 1. The van der Waals surface area contributed by atoms with Crippen LogP contribution in [0.25, 0.3) is 0 Å². The average molecular weight is 460 g/mol. The van der Waals surface area contributed by atoms with Crippen LogP contribution in [0.1, 0.15) is 15.9 Å². The molecule has 1 saturated heterocycles. The molecule has 2 aromatic rings. The van der Waals surface area contributed by atoms with Gasteiger partial charge in [0.1, 0.15) is 0 Å². The average Bonchev–Trinajstić information content (AvgIpc) is 3.21. The third kappa shape index (κ3) is 6.05. The number of amides is 4. The van der Waals surface area contributed by atoms with Crippen LogP contribution in [-0.4, -0.2) is 59.0 Å². The van der Waals surface area contributed by atoms with Crippen LogP contribution in [0.4, 0.5) is 10.5 Å². The molecule has 1 aliphatic heterocycles. The van der Waals surface area contributed by atoms with E-state index < -0.39 is 22.5 Å². The second-order valence-corrected chi connectivity index (χ2v) is 8.94. The lowest BCUT2D eigenvalue weighted by Gasteiger charge is -2.15. The monoisotopic (exact) mass is 459 g/mol. The highest BCUT2D eigenvalue weighted by atomic mass is 32.2. The second kappa shape index (κ2) is 10.2. The molecule has 4 N–H and O–H groups in total. The van der Waals surface area contributed by atoms with Gasteiger partial charge in [0.15, 0.2) is 0 Å². The first-order valence-corrected chi connectivity index (χ1v) is 11.5. The fourth-order valence-electron chi connectivity index (χ4n) is 3.04. The van der Waals surface area contributed by atoms with E-state index in [9.17, 15) is 22.8 Å². The van der Waals surface area contributed by atoms with Crippen molar-refractivity contribution in [3.05, 3.63) is 59.7 Å². The highest BCUT2D eigenvalue weighted by Gasteiger charge is 2.21. The molecule has 0 bridgehead atoms. The third-order valence-electron chi connectivity index (χ3n) is 4.76. The van der Waals surface area contributed by atoms with E-state index in [1.165, 1.54) is 12.1 Å². The Bertz CT molecular complexity index is 1100. The van der Waals surface area contributed by atoms with Crippen molar-refractivity contribution >= 4 is 33.6 Å². The second-order valence-electron chi connectivity index (χ2n) is 7.18. The molecule has 10 nitrogen and oxygen atoms in total. The minimum absolute atomic E-state index is 0.0804. The smallest absolute Gasteiger partial charge is 0.321 e. The fraction of sp³-hybridized carbons (Fsp3) is 0.286. The van der Waals surface area contributed by atoms with E-state index in [-0.39, 0.29) is 29.9 Å². The van der Waals surface area contributed by atoms with Gasteiger partial charge in [0.05, 0.1) is 11.4 Å². The minimum atomic E-state index is -3.78. The summed E-state index contributed by atoms with van der Waals surface area (Å²) in [5.41, 5.74) is 1.94. The summed E-state index contributed by atoms with van der Waals surface area (Å²) in [4.78, 5) is 37.7. The van der Waals surface area contributed by atoms with Gasteiger partial charge < -0.3 is 16.0 Å². The lowest BCUT2D eigenvalue weighted by atomic mass is 10.1. The Kier molecular flexibility index (Phi) is 7.44. The van der Waals surface area contributed by atoms with Gasteiger partial charge in [-0.2, -0.15) is 0 Å². The first kappa shape index (κ1) is 23.2. The maximum absolute atomic E-state index is 12.3. The maximum Gasteiger partial charge on any atom is 0.321 e. The summed E-state index contributed by atoms with van der Waals surface area (Å²) in [5.74, 6) is -0.863. The van der Waals surface area contributed by atoms with Gasteiger partial charge in [0.25, 0.3) is 5.91 Å². The van der Waals surface area contributed by atoms with Crippen molar-refractivity contribution in [1.82, 2.24) is 20.7 Å². The van der Waals surface area contributed by atoms with Gasteiger partial charge in [-0.25, -0.2) is 17.9 Å². The molecule has 0 saturated carbocycles. The number of carbonyl (C=O) groups is 3. The summed E-state index contributed by atoms with van der Waals surface area (Å²) in [6.45, 7) is 2.80. The first-order valence-electron chi connectivity index (χ1n) is 10.0. The van der Waals surface area contributed by atoms with Gasteiger partial charge in [-0.3, -0.25) is 14.5 Å². The van der Waals surface area contributed by atoms with E-state index in [2.05, 4.69) is 20.7 Å². The number of urea groups is 1. The predicted octanol–water partition coefficient (Wildman–Crippen LogP) is 0.349. The van der Waals surface area contributed by atoms with Crippen LogP contribution >= 0.6 is 0 Å². The van der Waals surface area contributed by atoms with E-state index in [1.54, 1.807) is 41.3 Å². The highest BCUT2D eigenvalue weighted by Crippen LogP contribution is 2.18. The maximum atomic E-state index is 12.3. The summed E-state index contributed by atoms with van der Waals surface area (Å²) >= 11 is 0. The largest absolute Gasteiger partial charge is 0.353 e. The number of hydrogen-bond acceptors (Lipinski definition) is 5. The Morgan fingerprint density at radius 1 is 1.06 bits per heavy atom. The fourth-order valence-corrected chi connectivity index (χ4v) is 4.02. The van der Waals surface area contributed by atoms with Crippen molar-refractivity contribution < 1.29 is 22.8 Å². The van der Waals surface area contributed by atoms with E-state index >= 15 is 0 Å². The van der Waals surface area contributed by atoms with Gasteiger partial charge in [-0.15, -0.1) is 0 Å². The van der Waals surface area contributed by atoms with Crippen LogP contribution in [0.5, 0.6) is 0 Å². The molecule has 0 unspecified atom stereocenters. The van der Waals surface area contributed by atoms with Crippen molar-refractivity contribution in [2.24, 2.45) is 0 Å². The quantitative estimate of drug-likeness (QED) is 0.401. The van der Waals surface area contributed by atoms with Crippen LogP contribution in [-0.2, 0) is 14.8 Å². The number of hydrogen-bond donors (Lipinski definition) is 4. The van der Waals surface area contributed by atoms with Crippen molar-refractivity contribution in [3.8, 4) is 0 Å². The molecule has 11 heteroatoms. The lowest BCUT2D eigenvalue weighted by Crippen LogP contribution is -2.40. The molecular formula is C21H25N5O5S. The molecule has 0 radical (unpaired) electrons. The van der Waals surface area contributed by atoms with Crippen LogP contribution in [0.3, 0.4) is 0 Å². The summed E-state index contributed by atoms with van der Waals surface area (Å²) in [7, 11) is -3.78. The lowest BCUT2D eigenvalue weighted by molar-refractivity contribution is -0.119. The van der Waals surface area contributed by atoms with Gasteiger partial charge in [-0.05, 0) is 37.3 Å². The molecule has 0 atom stereocenters. The molecule has 0 aliphatic carbocycles. The van der Waals surface area contributed by atoms with E-state index in [1.807, 2.05) is 6.92 Å². The normalized spacial score (nSPS) is 13.5. The topological polar surface area (TPSA) is 137 Å². The molecule has 2 aromatic carbocycles. The number of rotatable bonds is 9. The number of benzene rings is 2. The van der Waals surface area contributed by atoms with Crippen molar-refractivity contribution in [2.45, 2.75) is 11.8 Å². The van der Waals surface area contributed by atoms with Crippen LogP contribution in [0, 0.1) is 6.92 Å². The number of anilines is 1. The highest BCUT2D eigenvalue weighted by molar-refractivity contribution is 7.89. The summed E-state index contributed by atoms with van der Waals surface area (Å²) < 4.78 is 26.6. The predicted molar refractivity (Wildman–Crippen MR) is 119 cm³/mol. The molecule has 32 heavy (non-hydrogen) atoms. The molecule has 1 fully saturated rings. The molecular weight excluding hydrogens is 434 g/mol. The van der Waals surface area contributed by atoms with Crippen molar-refractivity contribution in [3.63, 3.8) is 0 Å². The van der Waals surface area contributed by atoms with E-state index in [0.717, 1.165) is 5.56 Å². The van der Waals surface area contributed by atoms with Crippen molar-refractivity contribution in [1.29, 1.82) is 0 Å². The number of aryl methyl sites for hydroxylation is 1. The van der Waals surface area contributed by atoms with Crippen LogP contribution in [0.15, 0.2) is 53.4 Å². The standard InChI is InChI=1S/C21H25N5O5S/c1-15-5-7-18(8-6-15)32(30,31)25-14-19(27)22-9-10-23-20(28)16-3-2-4-17(13-16)26-12-11-24-21(26)29/h2-8,13,25H,9-12,14H2,1H3,(H,22,27)(H,23,28)(H,24,29). The van der Waals surface area contributed by atoms with E-state index in [4.69, 9.17) is 0 Å². The zero-order valence-electron chi connectivity index (χ0n) is 17.6. The Labute approximate surface area is 186 Å². The third-order valence-corrected chi connectivity index (χ3v) is 6.18. The van der Waals surface area contributed by atoms with Crippen LogP contribution < -0.4 is 25.6 Å². The molecule has 3 rings (SSSR count). The molecule has 170 valence electrons. The molecule has 1 heterocycles. The SMILES string of the molecule is Cc1ccc(S(=O)(=O)NCC(=O)NCCNC(=O)c2cccc(N3CCNC3=O)c2)cc1. The number of carbonyl (C=O) groups excluding carboxylic acids is 3. The molecule has 4 amide bonds. The van der Waals surface area contributed by atoms with Gasteiger partial charge in [0.2, 0.25) is 15.9 Å². The number of nitrogens with one attached hydrogen (secondary N) is 4. The van der Waals surface area contributed by atoms with Crippen molar-refractivity contribution in [2.75, 3.05) is 37.6 Å². The van der Waals surface area contributed by atoms with Crippen LogP contribution in [0.2, 0.25) is 0 Å². The van der Waals surface area contributed by atoms with Gasteiger partial charge in [-0.1, -0.05) is 23.8 Å². The Balaban J connectivity index is 1.41. The van der Waals surface area contributed by atoms with Gasteiger partial charge >= 0.3 is 6.03 Å². The summed E-state index contributed by atoms with van der Waals surface area (Å²) in [6.07, 6.45) is 0. The zero-order chi connectivity index (χ0) is 23.1. The molecule has 0 aromatic heterocycles. The minimum Gasteiger partial charge on any atom is -0.353 e.